The monoisotopic (exact) mass is 292 g/mol. The topological polar surface area (TPSA) is 62.5 Å². The Morgan fingerprint density at radius 3 is 2.57 bits per heavy atom. The van der Waals surface area contributed by atoms with Crippen LogP contribution in [0.3, 0.4) is 0 Å². The molecule has 1 aromatic heterocycles. The molecule has 1 N–H and O–H groups in total. The zero-order valence-electron chi connectivity index (χ0n) is 13.3. The minimum absolute atomic E-state index is 0.0463. The number of aryl methyl sites for hydroxylation is 1. The van der Waals surface area contributed by atoms with Crippen LogP contribution in [0.1, 0.15) is 48.4 Å². The summed E-state index contributed by atoms with van der Waals surface area (Å²) in [5.41, 5.74) is 1.90. The molecule has 0 aliphatic carbocycles. The Hall–Kier alpha value is -1.78. The second kappa shape index (κ2) is 5.54. The number of aromatic nitrogens is 1. The lowest BCUT2D eigenvalue weighted by Gasteiger charge is -2.37. The molecular weight excluding hydrogens is 268 g/mol. The maximum Gasteiger partial charge on any atom is 0.311 e. The molecule has 1 aliphatic heterocycles. The molecule has 2 rings (SSSR count). The van der Waals surface area contributed by atoms with Gasteiger partial charge in [0, 0.05) is 31.0 Å². The van der Waals surface area contributed by atoms with Crippen LogP contribution >= 0.6 is 0 Å². The minimum Gasteiger partial charge on any atom is -0.481 e. The third kappa shape index (κ3) is 2.69. The second-order valence-corrected chi connectivity index (χ2v) is 6.23. The molecule has 1 amide bonds. The van der Waals surface area contributed by atoms with E-state index in [2.05, 4.69) is 11.5 Å². The van der Waals surface area contributed by atoms with Crippen molar-refractivity contribution in [2.75, 3.05) is 13.1 Å². The molecule has 0 bridgehead atoms. The lowest BCUT2D eigenvalue weighted by atomic mass is 9.82. The minimum atomic E-state index is -0.829. The predicted molar refractivity (Wildman–Crippen MR) is 80.5 cm³/mol. The van der Waals surface area contributed by atoms with Gasteiger partial charge in [-0.05, 0) is 46.6 Å². The molecule has 1 fully saturated rings. The van der Waals surface area contributed by atoms with Gasteiger partial charge >= 0.3 is 5.97 Å². The molecule has 1 unspecified atom stereocenters. The molecule has 0 spiro atoms. The van der Waals surface area contributed by atoms with Crippen LogP contribution in [-0.2, 0) is 11.3 Å². The average Bonchev–Trinajstić information content (AvgIpc) is 2.72. The van der Waals surface area contributed by atoms with Gasteiger partial charge in [-0.2, -0.15) is 0 Å². The smallest absolute Gasteiger partial charge is 0.311 e. The third-order valence-electron chi connectivity index (χ3n) is 4.62. The molecule has 21 heavy (non-hydrogen) atoms. The first-order chi connectivity index (χ1) is 9.80. The van der Waals surface area contributed by atoms with Crippen molar-refractivity contribution in [3.8, 4) is 0 Å². The van der Waals surface area contributed by atoms with E-state index < -0.39 is 11.4 Å². The van der Waals surface area contributed by atoms with E-state index in [1.54, 1.807) is 11.8 Å². The lowest BCUT2D eigenvalue weighted by molar-refractivity contribution is -0.150. The fourth-order valence-corrected chi connectivity index (χ4v) is 3.26. The van der Waals surface area contributed by atoms with Gasteiger partial charge in [0.15, 0.2) is 0 Å². The highest BCUT2D eigenvalue weighted by Gasteiger charge is 2.39. The summed E-state index contributed by atoms with van der Waals surface area (Å²) in [6.45, 7) is 9.47. The molecule has 116 valence electrons. The number of nitrogens with zero attached hydrogens (tertiary/aromatic N) is 2. The zero-order valence-corrected chi connectivity index (χ0v) is 13.3. The maximum absolute atomic E-state index is 12.7. The summed E-state index contributed by atoms with van der Waals surface area (Å²) in [5.74, 6) is -0.867. The number of piperidine rings is 1. The van der Waals surface area contributed by atoms with Crippen LogP contribution in [-0.4, -0.2) is 39.5 Å². The molecule has 1 atom stereocenters. The number of amides is 1. The van der Waals surface area contributed by atoms with E-state index in [0.29, 0.717) is 18.5 Å². The Kier molecular flexibility index (Phi) is 4.12. The second-order valence-electron chi connectivity index (χ2n) is 6.23. The van der Waals surface area contributed by atoms with Gasteiger partial charge < -0.3 is 14.6 Å². The van der Waals surface area contributed by atoms with Crippen molar-refractivity contribution in [2.45, 2.75) is 47.1 Å². The van der Waals surface area contributed by atoms with Gasteiger partial charge in [-0.1, -0.05) is 0 Å². The number of rotatable bonds is 3. The number of carbonyl (C=O) groups excluding carboxylic acids is 1. The van der Waals surface area contributed by atoms with Gasteiger partial charge in [-0.3, -0.25) is 9.59 Å². The van der Waals surface area contributed by atoms with Crippen molar-refractivity contribution in [2.24, 2.45) is 5.41 Å². The fraction of sp³-hybridized carbons (Fsp3) is 0.625. The fourth-order valence-electron chi connectivity index (χ4n) is 3.26. The maximum atomic E-state index is 12.7. The highest BCUT2D eigenvalue weighted by molar-refractivity contribution is 5.96. The van der Waals surface area contributed by atoms with Gasteiger partial charge in [0.05, 0.1) is 11.0 Å². The van der Waals surface area contributed by atoms with Crippen LogP contribution in [0.15, 0.2) is 6.07 Å². The van der Waals surface area contributed by atoms with E-state index in [4.69, 9.17) is 0 Å². The average molecular weight is 292 g/mol. The Balaban J connectivity index is 2.26. The number of carboxylic acids is 1. The predicted octanol–water partition coefficient (Wildman–Crippen LogP) is 2.45. The molecule has 5 nitrogen and oxygen atoms in total. The van der Waals surface area contributed by atoms with Crippen molar-refractivity contribution in [3.05, 3.63) is 23.0 Å². The van der Waals surface area contributed by atoms with Crippen LogP contribution in [0.2, 0.25) is 0 Å². The van der Waals surface area contributed by atoms with E-state index in [1.807, 2.05) is 19.9 Å². The van der Waals surface area contributed by atoms with Crippen LogP contribution in [0.5, 0.6) is 0 Å². The van der Waals surface area contributed by atoms with Gasteiger partial charge in [-0.15, -0.1) is 0 Å². The Morgan fingerprint density at radius 2 is 2.05 bits per heavy atom. The van der Waals surface area contributed by atoms with Crippen LogP contribution in [0, 0.1) is 19.3 Å². The van der Waals surface area contributed by atoms with Crippen molar-refractivity contribution in [3.63, 3.8) is 0 Å². The molecule has 1 saturated heterocycles. The van der Waals surface area contributed by atoms with Gasteiger partial charge in [0.25, 0.3) is 5.91 Å². The summed E-state index contributed by atoms with van der Waals surface area (Å²) in [7, 11) is 0. The van der Waals surface area contributed by atoms with E-state index in [-0.39, 0.29) is 12.5 Å². The number of hydrogen-bond donors (Lipinski definition) is 1. The van der Waals surface area contributed by atoms with Gasteiger partial charge in [0.1, 0.15) is 0 Å². The number of hydrogen-bond acceptors (Lipinski definition) is 2. The number of aliphatic carboxylic acids is 1. The highest BCUT2D eigenvalue weighted by atomic mass is 16.4. The van der Waals surface area contributed by atoms with E-state index in [1.165, 1.54) is 0 Å². The summed E-state index contributed by atoms with van der Waals surface area (Å²) >= 11 is 0. The van der Waals surface area contributed by atoms with Crippen molar-refractivity contribution < 1.29 is 14.7 Å². The molecule has 0 aromatic carbocycles. The van der Waals surface area contributed by atoms with Gasteiger partial charge in [-0.25, -0.2) is 0 Å². The lowest BCUT2D eigenvalue weighted by Crippen LogP contribution is -2.48. The Bertz CT molecular complexity index is 576. The molecular formula is C16H24N2O3. The van der Waals surface area contributed by atoms with Crippen LogP contribution in [0.4, 0.5) is 0 Å². The van der Waals surface area contributed by atoms with Crippen LogP contribution < -0.4 is 0 Å². The van der Waals surface area contributed by atoms with Crippen molar-refractivity contribution in [1.82, 2.24) is 9.47 Å². The molecule has 5 heteroatoms. The quantitative estimate of drug-likeness (QED) is 0.930. The number of likely N-dealkylation sites (tertiary alicyclic amines) is 1. The standard InChI is InChI=1S/C16H24N2O3/c1-5-18-11(2)9-13(12(18)3)14(19)17-8-6-7-16(4,10-17)15(20)21/h9H,5-8,10H2,1-4H3,(H,20,21). The molecule has 2 heterocycles. The first-order valence-corrected chi connectivity index (χ1v) is 7.49. The molecule has 0 radical (unpaired) electrons. The summed E-state index contributed by atoms with van der Waals surface area (Å²) < 4.78 is 2.10. The van der Waals surface area contributed by atoms with E-state index in [0.717, 1.165) is 24.4 Å². The first-order valence-electron chi connectivity index (χ1n) is 7.49. The molecule has 1 aliphatic rings. The normalized spacial score (nSPS) is 22.4. The number of carboxylic acid groups (broad SMARTS) is 1. The molecule has 1 aromatic rings. The summed E-state index contributed by atoms with van der Waals surface area (Å²) in [5, 5.41) is 9.37. The summed E-state index contributed by atoms with van der Waals surface area (Å²) in [6, 6.07) is 1.91. The zero-order chi connectivity index (χ0) is 15.8. The van der Waals surface area contributed by atoms with E-state index in [9.17, 15) is 14.7 Å². The molecule has 0 saturated carbocycles. The van der Waals surface area contributed by atoms with Crippen molar-refractivity contribution in [1.29, 1.82) is 0 Å². The summed E-state index contributed by atoms with van der Waals surface area (Å²) in [4.78, 5) is 25.8. The number of carbonyl (C=O) groups is 2. The third-order valence-corrected chi connectivity index (χ3v) is 4.62. The SMILES string of the molecule is CCn1c(C)cc(C(=O)N2CCCC(C)(C(=O)O)C2)c1C. The van der Waals surface area contributed by atoms with Crippen molar-refractivity contribution >= 4 is 11.9 Å². The summed E-state index contributed by atoms with van der Waals surface area (Å²) in [6.07, 6.45) is 1.36. The Morgan fingerprint density at radius 1 is 1.38 bits per heavy atom. The van der Waals surface area contributed by atoms with Gasteiger partial charge in [0.2, 0.25) is 0 Å². The van der Waals surface area contributed by atoms with E-state index >= 15 is 0 Å². The first kappa shape index (κ1) is 15.6. The highest BCUT2D eigenvalue weighted by Crippen LogP contribution is 2.31. The van der Waals surface area contributed by atoms with Crippen LogP contribution in [0.25, 0.3) is 0 Å². The Labute approximate surface area is 125 Å². The largest absolute Gasteiger partial charge is 0.481 e.